The van der Waals surface area contributed by atoms with Gasteiger partial charge in [-0.1, -0.05) is 18.5 Å². The van der Waals surface area contributed by atoms with Crippen LogP contribution in [-0.2, 0) is 6.54 Å². The molecule has 2 heterocycles. The van der Waals surface area contributed by atoms with Crippen molar-refractivity contribution in [3.05, 3.63) is 34.7 Å². The summed E-state index contributed by atoms with van der Waals surface area (Å²) in [6.45, 7) is 2.83. The summed E-state index contributed by atoms with van der Waals surface area (Å²) < 4.78 is 6.77. The van der Waals surface area contributed by atoms with Gasteiger partial charge in [0.1, 0.15) is 0 Å². The minimum atomic E-state index is -0.458. The van der Waals surface area contributed by atoms with Crippen LogP contribution >= 0.6 is 11.6 Å². The van der Waals surface area contributed by atoms with Gasteiger partial charge >= 0.3 is 0 Å². The van der Waals surface area contributed by atoms with Crippen LogP contribution in [0.1, 0.15) is 30.8 Å². The van der Waals surface area contributed by atoms with Crippen molar-refractivity contribution in [1.29, 1.82) is 0 Å². The van der Waals surface area contributed by atoms with E-state index in [0.717, 1.165) is 18.7 Å². The lowest BCUT2D eigenvalue weighted by Gasteiger charge is -2.14. The van der Waals surface area contributed by atoms with Gasteiger partial charge in [-0.2, -0.15) is 5.10 Å². The van der Waals surface area contributed by atoms with Gasteiger partial charge in [-0.05, 0) is 12.5 Å². The number of hydrogen-bond donors (Lipinski definition) is 1. The molecule has 0 fully saturated rings. The zero-order chi connectivity index (χ0) is 13.8. The third-order valence-electron chi connectivity index (χ3n) is 2.75. The molecule has 0 saturated heterocycles. The third-order valence-corrected chi connectivity index (χ3v) is 3.04. The molecule has 1 atom stereocenters. The maximum absolute atomic E-state index is 6.20. The van der Waals surface area contributed by atoms with Gasteiger partial charge in [0.25, 0.3) is 0 Å². The van der Waals surface area contributed by atoms with Gasteiger partial charge in [0.15, 0.2) is 0 Å². The summed E-state index contributed by atoms with van der Waals surface area (Å²) in [7, 11) is 1.54. The number of methoxy groups -OCH3 is 1. The topological polar surface area (TPSA) is 78.9 Å². The number of ether oxygens (including phenoxy) is 1. The molecule has 0 aliphatic heterocycles. The minimum Gasteiger partial charge on any atom is -0.480 e. The molecule has 6 nitrogen and oxygen atoms in total. The SMILES string of the molecule is CCCn1ncc(Cl)c1C(N)c1ccc(OC)nn1. The van der Waals surface area contributed by atoms with E-state index in [-0.39, 0.29) is 0 Å². The first kappa shape index (κ1) is 13.8. The zero-order valence-corrected chi connectivity index (χ0v) is 11.6. The van der Waals surface area contributed by atoms with E-state index in [1.807, 2.05) is 0 Å². The summed E-state index contributed by atoms with van der Waals surface area (Å²) in [4.78, 5) is 0. The largest absolute Gasteiger partial charge is 0.480 e. The Bertz CT molecular complexity index is 540. The van der Waals surface area contributed by atoms with Crippen LogP contribution in [0, 0.1) is 0 Å². The quantitative estimate of drug-likeness (QED) is 0.904. The Kier molecular flexibility index (Phi) is 4.34. The second-order valence-electron chi connectivity index (χ2n) is 4.08. The fraction of sp³-hybridized carbons (Fsp3) is 0.417. The Morgan fingerprint density at radius 2 is 2.21 bits per heavy atom. The summed E-state index contributed by atoms with van der Waals surface area (Å²) in [5.41, 5.74) is 7.57. The number of rotatable bonds is 5. The number of aryl methyl sites for hydroxylation is 1. The highest BCUT2D eigenvalue weighted by atomic mass is 35.5. The standard InChI is InChI=1S/C12H16ClN5O/c1-3-6-18-12(8(13)7-15-18)11(14)9-4-5-10(19-2)17-16-9/h4-5,7,11H,3,6,14H2,1-2H3. The number of hydrogen-bond acceptors (Lipinski definition) is 5. The summed E-state index contributed by atoms with van der Waals surface area (Å²) in [6.07, 6.45) is 2.55. The van der Waals surface area contributed by atoms with Crippen LogP contribution in [-0.4, -0.2) is 27.1 Å². The van der Waals surface area contributed by atoms with E-state index in [1.54, 1.807) is 23.0 Å². The molecule has 19 heavy (non-hydrogen) atoms. The first-order valence-corrected chi connectivity index (χ1v) is 6.39. The zero-order valence-electron chi connectivity index (χ0n) is 10.9. The van der Waals surface area contributed by atoms with Gasteiger partial charge in [-0.15, -0.1) is 10.2 Å². The van der Waals surface area contributed by atoms with Crippen LogP contribution in [0.2, 0.25) is 5.02 Å². The average Bonchev–Trinajstić information content (AvgIpc) is 2.80. The van der Waals surface area contributed by atoms with Gasteiger partial charge in [-0.25, -0.2) is 0 Å². The smallest absolute Gasteiger partial charge is 0.233 e. The molecule has 0 radical (unpaired) electrons. The normalized spacial score (nSPS) is 12.4. The molecular formula is C12H16ClN5O. The van der Waals surface area contributed by atoms with Gasteiger partial charge < -0.3 is 10.5 Å². The van der Waals surface area contributed by atoms with Crippen LogP contribution in [0.3, 0.4) is 0 Å². The van der Waals surface area contributed by atoms with E-state index in [2.05, 4.69) is 22.2 Å². The second-order valence-corrected chi connectivity index (χ2v) is 4.49. The van der Waals surface area contributed by atoms with Crippen LogP contribution in [0.25, 0.3) is 0 Å². The maximum atomic E-state index is 6.20. The van der Waals surface area contributed by atoms with Crippen LogP contribution in [0.4, 0.5) is 0 Å². The first-order chi connectivity index (χ1) is 9.17. The molecule has 0 amide bonds. The highest BCUT2D eigenvalue weighted by Crippen LogP contribution is 2.25. The average molecular weight is 282 g/mol. The summed E-state index contributed by atoms with van der Waals surface area (Å²) in [5.74, 6) is 0.448. The van der Waals surface area contributed by atoms with Crippen molar-refractivity contribution in [2.75, 3.05) is 7.11 Å². The third kappa shape index (κ3) is 2.85. The molecule has 102 valence electrons. The molecule has 2 rings (SSSR count). The molecule has 2 aromatic heterocycles. The predicted octanol–water partition coefficient (Wildman–Crippen LogP) is 1.79. The lowest BCUT2D eigenvalue weighted by molar-refractivity contribution is 0.390. The number of nitrogens with two attached hydrogens (primary N) is 1. The number of halogens is 1. The van der Waals surface area contributed by atoms with Crippen LogP contribution < -0.4 is 10.5 Å². The van der Waals surface area contributed by atoms with Gasteiger partial charge in [0.05, 0.1) is 35.8 Å². The Morgan fingerprint density at radius 3 is 2.79 bits per heavy atom. The Morgan fingerprint density at radius 1 is 1.42 bits per heavy atom. The lowest BCUT2D eigenvalue weighted by Crippen LogP contribution is -2.19. The van der Waals surface area contributed by atoms with Crippen molar-refractivity contribution in [2.24, 2.45) is 5.73 Å². The summed E-state index contributed by atoms with van der Waals surface area (Å²) in [6, 6.07) is 3.03. The summed E-state index contributed by atoms with van der Waals surface area (Å²) in [5, 5.41) is 12.7. The van der Waals surface area contributed by atoms with E-state index < -0.39 is 6.04 Å². The molecular weight excluding hydrogens is 266 g/mol. The molecule has 0 spiro atoms. The number of aromatic nitrogens is 4. The van der Waals surface area contributed by atoms with Crippen molar-refractivity contribution in [3.8, 4) is 5.88 Å². The monoisotopic (exact) mass is 281 g/mol. The Labute approximate surface area is 116 Å². The molecule has 0 saturated carbocycles. The highest BCUT2D eigenvalue weighted by molar-refractivity contribution is 6.31. The molecule has 2 aromatic rings. The van der Waals surface area contributed by atoms with Crippen molar-refractivity contribution >= 4 is 11.6 Å². The molecule has 7 heteroatoms. The fourth-order valence-electron chi connectivity index (χ4n) is 1.82. The van der Waals surface area contributed by atoms with E-state index >= 15 is 0 Å². The van der Waals surface area contributed by atoms with Gasteiger partial charge in [-0.3, -0.25) is 4.68 Å². The minimum absolute atomic E-state index is 0.448. The van der Waals surface area contributed by atoms with E-state index in [4.69, 9.17) is 22.1 Å². The van der Waals surface area contributed by atoms with E-state index in [1.165, 1.54) is 7.11 Å². The molecule has 1 unspecified atom stereocenters. The Balaban J connectivity index is 2.31. The van der Waals surface area contributed by atoms with Crippen molar-refractivity contribution in [2.45, 2.75) is 25.9 Å². The highest BCUT2D eigenvalue weighted by Gasteiger charge is 2.20. The molecule has 0 bridgehead atoms. The van der Waals surface area contributed by atoms with Crippen molar-refractivity contribution < 1.29 is 4.74 Å². The Hall–Kier alpha value is -1.66. The fourth-order valence-corrected chi connectivity index (χ4v) is 2.08. The van der Waals surface area contributed by atoms with Gasteiger partial charge in [0.2, 0.25) is 5.88 Å². The lowest BCUT2D eigenvalue weighted by atomic mass is 10.1. The maximum Gasteiger partial charge on any atom is 0.233 e. The molecule has 0 aliphatic rings. The predicted molar refractivity (Wildman–Crippen MR) is 72.1 cm³/mol. The van der Waals surface area contributed by atoms with Crippen molar-refractivity contribution in [3.63, 3.8) is 0 Å². The molecule has 0 aliphatic carbocycles. The first-order valence-electron chi connectivity index (χ1n) is 6.01. The van der Waals surface area contributed by atoms with Crippen LogP contribution in [0.15, 0.2) is 18.3 Å². The molecule has 0 aromatic carbocycles. The van der Waals surface area contributed by atoms with Crippen molar-refractivity contribution in [1.82, 2.24) is 20.0 Å². The number of nitrogens with zero attached hydrogens (tertiary/aromatic N) is 4. The van der Waals surface area contributed by atoms with Crippen LogP contribution in [0.5, 0.6) is 5.88 Å². The molecule has 2 N–H and O–H groups in total. The van der Waals surface area contributed by atoms with E-state index in [9.17, 15) is 0 Å². The van der Waals surface area contributed by atoms with Gasteiger partial charge in [0, 0.05) is 12.6 Å². The van der Waals surface area contributed by atoms with E-state index in [0.29, 0.717) is 16.6 Å². The second kappa shape index (κ2) is 5.99. The summed E-state index contributed by atoms with van der Waals surface area (Å²) >= 11 is 6.15.